The summed E-state index contributed by atoms with van der Waals surface area (Å²) in [6, 6.07) is 1.60. The van der Waals surface area contributed by atoms with Gasteiger partial charge in [-0.2, -0.15) is 0 Å². The maximum atomic E-state index is 5.07. The molecule has 0 aromatic heterocycles. The number of hydrogen-bond donors (Lipinski definition) is 0. The number of unbranched alkanes of at least 4 members (excludes halogenated alkanes) is 1. The molecule has 0 aromatic rings. The van der Waals surface area contributed by atoms with Gasteiger partial charge in [-0.25, -0.2) is 0 Å². The van der Waals surface area contributed by atoms with Crippen LogP contribution in [0.2, 0.25) is 0 Å². The Kier molecular flexibility index (Phi) is 5.49. The molecule has 1 aliphatic carbocycles. The van der Waals surface area contributed by atoms with Crippen molar-refractivity contribution in [2.75, 3.05) is 20.3 Å². The van der Waals surface area contributed by atoms with Crippen molar-refractivity contribution in [2.45, 2.75) is 58.0 Å². The summed E-state index contributed by atoms with van der Waals surface area (Å²) >= 11 is 0. The van der Waals surface area contributed by atoms with Crippen LogP contribution >= 0.6 is 0 Å². The van der Waals surface area contributed by atoms with Crippen molar-refractivity contribution in [3.8, 4) is 0 Å². The minimum Gasteiger partial charge on any atom is -0.385 e. The van der Waals surface area contributed by atoms with Gasteiger partial charge in [0.2, 0.25) is 0 Å². The average molecular weight is 199 g/mol. The van der Waals surface area contributed by atoms with Crippen molar-refractivity contribution in [1.82, 2.24) is 4.90 Å². The van der Waals surface area contributed by atoms with Crippen LogP contribution < -0.4 is 0 Å². The second-order valence-corrected chi connectivity index (χ2v) is 4.62. The molecule has 84 valence electrons. The van der Waals surface area contributed by atoms with Gasteiger partial charge in [0.15, 0.2) is 0 Å². The van der Waals surface area contributed by atoms with Crippen molar-refractivity contribution >= 4 is 0 Å². The van der Waals surface area contributed by atoms with Crippen LogP contribution in [-0.4, -0.2) is 37.2 Å². The molecule has 2 heteroatoms. The summed E-state index contributed by atoms with van der Waals surface area (Å²) in [6.07, 6.45) is 6.76. The lowest BCUT2D eigenvalue weighted by molar-refractivity contribution is 0.0886. The first-order chi connectivity index (χ1) is 6.75. The van der Waals surface area contributed by atoms with Gasteiger partial charge in [0.05, 0.1) is 0 Å². The van der Waals surface area contributed by atoms with E-state index in [9.17, 15) is 0 Å². The lowest BCUT2D eigenvalue weighted by Crippen LogP contribution is -2.44. The highest BCUT2D eigenvalue weighted by Crippen LogP contribution is 2.26. The third-order valence-corrected chi connectivity index (χ3v) is 3.22. The topological polar surface area (TPSA) is 12.5 Å². The van der Waals surface area contributed by atoms with E-state index in [2.05, 4.69) is 18.7 Å². The van der Waals surface area contributed by atoms with E-state index in [1.807, 2.05) is 0 Å². The maximum absolute atomic E-state index is 5.07. The predicted molar refractivity (Wildman–Crippen MR) is 60.6 cm³/mol. The van der Waals surface area contributed by atoms with Crippen LogP contribution in [0.25, 0.3) is 0 Å². The van der Waals surface area contributed by atoms with E-state index >= 15 is 0 Å². The number of methoxy groups -OCH3 is 1. The van der Waals surface area contributed by atoms with Gasteiger partial charge in [-0.3, -0.25) is 4.90 Å². The number of rotatable bonds is 7. The second kappa shape index (κ2) is 6.41. The zero-order chi connectivity index (χ0) is 10.4. The Bertz CT molecular complexity index is 143. The van der Waals surface area contributed by atoms with Crippen LogP contribution in [0.15, 0.2) is 0 Å². The minimum atomic E-state index is 0.711. The highest BCUT2D eigenvalue weighted by Gasteiger charge is 2.25. The highest BCUT2D eigenvalue weighted by molar-refractivity contribution is 4.81. The Labute approximate surface area is 88.6 Å². The summed E-state index contributed by atoms with van der Waals surface area (Å²) in [5, 5.41) is 0. The third kappa shape index (κ3) is 3.58. The fourth-order valence-corrected chi connectivity index (χ4v) is 2.12. The number of hydrogen-bond acceptors (Lipinski definition) is 2. The molecule has 14 heavy (non-hydrogen) atoms. The van der Waals surface area contributed by atoms with Crippen LogP contribution in [-0.2, 0) is 4.74 Å². The summed E-state index contributed by atoms with van der Waals surface area (Å²) in [7, 11) is 1.78. The monoisotopic (exact) mass is 199 g/mol. The van der Waals surface area contributed by atoms with E-state index in [1.165, 1.54) is 38.6 Å². The fraction of sp³-hybridized carbons (Fsp3) is 1.00. The van der Waals surface area contributed by atoms with E-state index in [0.29, 0.717) is 6.04 Å². The Balaban J connectivity index is 2.15. The van der Waals surface area contributed by atoms with Gasteiger partial charge in [-0.05, 0) is 46.1 Å². The van der Waals surface area contributed by atoms with Gasteiger partial charge < -0.3 is 4.74 Å². The molecule has 1 fully saturated rings. The Hall–Kier alpha value is -0.0800. The van der Waals surface area contributed by atoms with Crippen molar-refractivity contribution in [1.29, 1.82) is 0 Å². The largest absolute Gasteiger partial charge is 0.385 e. The standard InChI is InChI=1S/C12H25NO/c1-11(2)13(12-7-6-8-12)9-4-5-10-14-3/h11-12H,4-10H2,1-3H3. The fourth-order valence-electron chi connectivity index (χ4n) is 2.12. The molecule has 1 rings (SSSR count). The second-order valence-electron chi connectivity index (χ2n) is 4.62. The van der Waals surface area contributed by atoms with Crippen LogP contribution in [0.4, 0.5) is 0 Å². The molecular formula is C12H25NO. The Morgan fingerprint density at radius 3 is 2.43 bits per heavy atom. The summed E-state index contributed by atoms with van der Waals surface area (Å²) < 4.78 is 5.07. The molecule has 0 aliphatic heterocycles. The zero-order valence-electron chi connectivity index (χ0n) is 9.96. The van der Waals surface area contributed by atoms with Crippen molar-refractivity contribution in [3.05, 3.63) is 0 Å². The highest BCUT2D eigenvalue weighted by atomic mass is 16.5. The van der Waals surface area contributed by atoms with Gasteiger partial charge in [-0.15, -0.1) is 0 Å². The lowest BCUT2D eigenvalue weighted by atomic mass is 9.90. The Morgan fingerprint density at radius 1 is 1.29 bits per heavy atom. The predicted octanol–water partition coefficient (Wildman–Crippen LogP) is 2.68. The van der Waals surface area contributed by atoms with Crippen molar-refractivity contribution in [2.24, 2.45) is 0 Å². The number of nitrogens with zero attached hydrogens (tertiary/aromatic N) is 1. The third-order valence-electron chi connectivity index (χ3n) is 3.22. The van der Waals surface area contributed by atoms with Gasteiger partial charge in [-0.1, -0.05) is 6.42 Å². The Morgan fingerprint density at radius 2 is 2.00 bits per heavy atom. The minimum absolute atomic E-state index is 0.711. The van der Waals surface area contributed by atoms with Crippen molar-refractivity contribution < 1.29 is 4.74 Å². The van der Waals surface area contributed by atoms with E-state index in [4.69, 9.17) is 4.74 Å². The number of ether oxygens (including phenoxy) is 1. The van der Waals surface area contributed by atoms with Gasteiger partial charge in [0.1, 0.15) is 0 Å². The first-order valence-corrected chi connectivity index (χ1v) is 6.00. The lowest BCUT2D eigenvalue weighted by Gasteiger charge is -2.40. The van der Waals surface area contributed by atoms with Gasteiger partial charge in [0, 0.05) is 25.8 Å². The SMILES string of the molecule is COCCCCN(C(C)C)C1CCC1. The average Bonchev–Trinajstić information content (AvgIpc) is 2.06. The molecule has 0 heterocycles. The molecule has 0 bridgehead atoms. The molecule has 0 N–H and O–H groups in total. The summed E-state index contributed by atoms with van der Waals surface area (Å²) in [4.78, 5) is 2.67. The normalized spacial score (nSPS) is 17.8. The van der Waals surface area contributed by atoms with Crippen LogP contribution in [0.5, 0.6) is 0 Å². The van der Waals surface area contributed by atoms with Gasteiger partial charge in [0.25, 0.3) is 0 Å². The molecule has 0 spiro atoms. The molecule has 0 amide bonds. The van der Waals surface area contributed by atoms with Gasteiger partial charge >= 0.3 is 0 Å². The molecule has 1 aliphatic rings. The molecule has 0 saturated heterocycles. The van der Waals surface area contributed by atoms with Crippen LogP contribution in [0, 0.1) is 0 Å². The van der Waals surface area contributed by atoms with E-state index in [1.54, 1.807) is 7.11 Å². The first-order valence-electron chi connectivity index (χ1n) is 6.00. The van der Waals surface area contributed by atoms with E-state index in [0.717, 1.165) is 12.6 Å². The summed E-state index contributed by atoms with van der Waals surface area (Å²) in [5.41, 5.74) is 0. The molecule has 0 unspecified atom stereocenters. The molecule has 0 aromatic carbocycles. The first kappa shape index (κ1) is 12.0. The molecule has 1 saturated carbocycles. The molecular weight excluding hydrogens is 174 g/mol. The van der Waals surface area contributed by atoms with Crippen LogP contribution in [0.3, 0.4) is 0 Å². The quantitative estimate of drug-likeness (QED) is 0.584. The zero-order valence-corrected chi connectivity index (χ0v) is 9.96. The molecule has 0 radical (unpaired) electrons. The smallest absolute Gasteiger partial charge is 0.0462 e. The molecule has 2 nitrogen and oxygen atoms in total. The van der Waals surface area contributed by atoms with Crippen LogP contribution in [0.1, 0.15) is 46.0 Å². The van der Waals surface area contributed by atoms with E-state index in [-0.39, 0.29) is 0 Å². The van der Waals surface area contributed by atoms with Crippen molar-refractivity contribution in [3.63, 3.8) is 0 Å². The van der Waals surface area contributed by atoms with E-state index < -0.39 is 0 Å². The summed E-state index contributed by atoms with van der Waals surface area (Å²) in [5.74, 6) is 0. The summed E-state index contributed by atoms with van der Waals surface area (Å²) in [6.45, 7) is 6.80. The molecule has 0 atom stereocenters. The maximum Gasteiger partial charge on any atom is 0.0462 e.